The van der Waals surface area contributed by atoms with Gasteiger partial charge in [0.2, 0.25) is 0 Å². The summed E-state index contributed by atoms with van der Waals surface area (Å²) >= 11 is 6.48. The van der Waals surface area contributed by atoms with Gasteiger partial charge in [-0.15, -0.1) is 11.3 Å². The number of anilines is 1. The number of halogens is 1. The van der Waals surface area contributed by atoms with E-state index in [0.29, 0.717) is 17.3 Å². The Balaban J connectivity index is 1.79. The van der Waals surface area contributed by atoms with Gasteiger partial charge in [0.15, 0.2) is 5.13 Å². The molecule has 4 aromatic rings. The Kier molecular flexibility index (Phi) is 5.62. The predicted octanol–water partition coefficient (Wildman–Crippen LogP) is 7.09. The van der Waals surface area contributed by atoms with Crippen LogP contribution in [0, 0.1) is 0 Å². The fraction of sp³-hybridized carbons (Fsp3) is 0.182. The molecule has 0 unspecified atom stereocenters. The van der Waals surface area contributed by atoms with E-state index in [1.807, 2.05) is 42.5 Å². The van der Waals surface area contributed by atoms with Crippen LogP contribution in [0.3, 0.4) is 0 Å². The van der Waals surface area contributed by atoms with Crippen LogP contribution >= 0.6 is 38.6 Å². The van der Waals surface area contributed by atoms with Gasteiger partial charge in [-0.1, -0.05) is 67.6 Å². The van der Waals surface area contributed by atoms with Gasteiger partial charge in [-0.05, 0) is 51.2 Å². The lowest BCUT2D eigenvalue weighted by Gasteiger charge is -2.19. The zero-order valence-corrected chi connectivity index (χ0v) is 18.8. The van der Waals surface area contributed by atoms with E-state index < -0.39 is 0 Å². The van der Waals surface area contributed by atoms with Crippen LogP contribution in [0.15, 0.2) is 64.5 Å². The molecule has 3 nitrogen and oxygen atoms in total. The third kappa shape index (κ3) is 3.90. The van der Waals surface area contributed by atoms with Gasteiger partial charge >= 0.3 is 0 Å². The van der Waals surface area contributed by atoms with Crippen molar-refractivity contribution < 1.29 is 4.79 Å². The van der Waals surface area contributed by atoms with Gasteiger partial charge in [-0.25, -0.2) is 4.98 Å². The third-order valence-corrected chi connectivity index (χ3v) is 7.16. The Morgan fingerprint density at radius 2 is 1.82 bits per heavy atom. The summed E-state index contributed by atoms with van der Waals surface area (Å²) in [5.41, 5.74) is 3.29. The molecule has 6 heteroatoms. The van der Waals surface area contributed by atoms with Crippen molar-refractivity contribution in [2.24, 2.45) is 0 Å². The minimum Gasteiger partial charge on any atom is -0.279 e. The van der Waals surface area contributed by atoms with Gasteiger partial charge in [-0.3, -0.25) is 9.69 Å². The van der Waals surface area contributed by atoms with Gasteiger partial charge in [0.25, 0.3) is 5.91 Å². The summed E-state index contributed by atoms with van der Waals surface area (Å²) in [4.78, 5) is 20.7. The van der Waals surface area contributed by atoms with Gasteiger partial charge in [0.05, 0.1) is 25.4 Å². The topological polar surface area (TPSA) is 33.2 Å². The zero-order valence-electron chi connectivity index (χ0n) is 15.6. The first-order valence-corrected chi connectivity index (χ1v) is 11.5. The lowest BCUT2D eigenvalue weighted by atomic mass is 10.0. The van der Waals surface area contributed by atoms with E-state index in [9.17, 15) is 4.79 Å². The molecule has 2 heterocycles. The number of rotatable bonds is 5. The molecule has 0 fully saturated rings. The van der Waals surface area contributed by atoms with Crippen LogP contribution < -0.4 is 4.90 Å². The van der Waals surface area contributed by atoms with E-state index in [-0.39, 0.29) is 5.91 Å². The average molecular weight is 471 g/mol. The largest absolute Gasteiger partial charge is 0.279 e. The zero-order chi connectivity index (χ0) is 19.7. The molecule has 0 bridgehead atoms. The second-order valence-corrected chi connectivity index (χ2v) is 10.3. The maximum absolute atomic E-state index is 13.3. The molecule has 0 spiro atoms. The molecule has 0 atom stereocenters. The first-order valence-electron chi connectivity index (χ1n) is 9.03. The Labute approximate surface area is 180 Å². The van der Waals surface area contributed by atoms with Crippen molar-refractivity contribution in [3.63, 3.8) is 0 Å². The van der Waals surface area contributed by atoms with Crippen molar-refractivity contribution in [1.82, 2.24) is 4.98 Å². The fourth-order valence-electron chi connectivity index (χ4n) is 3.09. The second kappa shape index (κ2) is 8.15. The summed E-state index contributed by atoms with van der Waals surface area (Å²) in [5, 5.41) is 0.737. The molecule has 0 N–H and O–H groups in total. The van der Waals surface area contributed by atoms with Crippen molar-refractivity contribution in [3.8, 4) is 0 Å². The van der Waals surface area contributed by atoms with Crippen LogP contribution in [0.25, 0.3) is 10.2 Å². The van der Waals surface area contributed by atoms with E-state index in [4.69, 9.17) is 4.98 Å². The average Bonchev–Trinajstić information content (AvgIpc) is 3.32. The Hall–Kier alpha value is -2.02. The lowest BCUT2D eigenvalue weighted by molar-refractivity contribution is 0.0989. The van der Waals surface area contributed by atoms with Crippen molar-refractivity contribution >= 4 is 59.9 Å². The van der Waals surface area contributed by atoms with Crippen molar-refractivity contribution in [3.05, 3.63) is 80.5 Å². The number of aromatic nitrogens is 1. The number of para-hydroxylation sites is 1. The molecule has 0 saturated heterocycles. The smallest absolute Gasteiger partial charge is 0.270 e. The highest BCUT2D eigenvalue weighted by Crippen LogP contribution is 2.35. The molecule has 2 aromatic carbocycles. The number of carbonyl (C=O) groups excluding carboxylic acids is 1. The minimum atomic E-state index is -0.0234. The summed E-state index contributed by atoms with van der Waals surface area (Å²) in [6.07, 6.45) is 0. The standard InChI is InChI=1S/C22H19BrN2OS2/c1-14(2)16-9-6-10-17-20(16)24-22(28-17)25(13-15-7-4-3-5-8-15)21(26)18-11-12-19(23)27-18/h3-12,14H,13H2,1-2H3. The van der Waals surface area contributed by atoms with E-state index >= 15 is 0 Å². The summed E-state index contributed by atoms with van der Waals surface area (Å²) in [6.45, 7) is 4.83. The second-order valence-electron chi connectivity index (χ2n) is 6.83. The Morgan fingerprint density at radius 3 is 2.50 bits per heavy atom. The minimum absolute atomic E-state index is 0.0234. The normalized spacial score (nSPS) is 11.3. The maximum atomic E-state index is 13.3. The van der Waals surface area contributed by atoms with Crippen LogP contribution in [-0.4, -0.2) is 10.9 Å². The van der Waals surface area contributed by atoms with Gasteiger partial charge < -0.3 is 0 Å². The van der Waals surface area contributed by atoms with Crippen molar-refractivity contribution in [1.29, 1.82) is 0 Å². The number of nitrogens with zero attached hydrogens (tertiary/aromatic N) is 2. The molecule has 0 aliphatic rings. The van der Waals surface area contributed by atoms with E-state index in [0.717, 1.165) is 24.7 Å². The number of benzene rings is 2. The van der Waals surface area contributed by atoms with Crippen LogP contribution in [0.5, 0.6) is 0 Å². The molecular formula is C22H19BrN2OS2. The summed E-state index contributed by atoms with van der Waals surface area (Å²) < 4.78 is 2.06. The molecule has 142 valence electrons. The number of hydrogen-bond acceptors (Lipinski definition) is 4. The highest BCUT2D eigenvalue weighted by Gasteiger charge is 2.24. The third-order valence-electron chi connectivity index (χ3n) is 4.50. The Morgan fingerprint density at radius 1 is 1.04 bits per heavy atom. The SMILES string of the molecule is CC(C)c1cccc2sc(N(Cc3ccccc3)C(=O)c3ccc(Br)s3)nc12. The summed E-state index contributed by atoms with van der Waals surface area (Å²) in [6, 6.07) is 20.1. The van der Waals surface area contributed by atoms with E-state index in [1.54, 1.807) is 16.2 Å². The van der Waals surface area contributed by atoms with Crippen LogP contribution in [-0.2, 0) is 6.54 Å². The number of fused-ring (bicyclic) bond motifs is 1. The van der Waals surface area contributed by atoms with Crippen LogP contribution in [0.4, 0.5) is 5.13 Å². The van der Waals surface area contributed by atoms with Crippen molar-refractivity contribution in [2.75, 3.05) is 4.90 Å². The van der Waals surface area contributed by atoms with Crippen LogP contribution in [0.1, 0.15) is 40.6 Å². The first kappa shape index (κ1) is 19.3. The molecule has 0 aliphatic heterocycles. The molecule has 1 amide bonds. The van der Waals surface area contributed by atoms with Gasteiger partial charge in [-0.2, -0.15) is 0 Å². The van der Waals surface area contributed by atoms with E-state index in [1.165, 1.54) is 16.9 Å². The molecular weight excluding hydrogens is 452 g/mol. The number of thiazole rings is 1. The molecule has 2 aromatic heterocycles. The van der Waals surface area contributed by atoms with E-state index in [2.05, 4.69) is 48.0 Å². The van der Waals surface area contributed by atoms with Crippen molar-refractivity contribution in [2.45, 2.75) is 26.3 Å². The molecule has 0 saturated carbocycles. The number of thiophene rings is 1. The quantitative estimate of drug-likeness (QED) is 0.311. The monoisotopic (exact) mass is 470 g/mol. The fourth-order valence-corrected chi connectivity index (χ4v) is 5.43. The van der Waals surface area contributed by atoms with Gasteiger partial charge in [0.1, 0.15) is 0 Å². The summed E-state index contributed by atoms with van der Waals surface area (Å²) in [5.74, 6) is 0.356. The number of amides is 1. The maximum Gasteiger partial charge on any atom is 0.270 e. The summed E-state index contributed by atoms with van der Waals surface area (Å²) in [7, 11) is 0. The number of hydrogen-bond donors (Lipinski definition) is 0. The highest BCUT2D eigenvalue weighted by molar-refractivity contribution is 9.11. The lowest BCUT2D eigenvalue weighted by Crippen LogP contribution is -2.29. The molecule has 0 aliphatic carbocycles. The molecule has 4 rings (SSSR count). The highest BCUT2D eigenvalue weighted by atomic mass is 79.9. The molecule has 28 heavy (non-hydrogen) atoms. The first-order chi connectivity index (χ1) is 13.5. The predicted molar refractivity (Wildman–Crippen MR) is 123 cm³/mol. The molecule has 0 radical (unpaired) electrons. The Bertz CT molecular complexity index is 1120. The number of carbonyl (C=O) groups is 1. The van der Waals surface area contributed by atoms with Crippen LogP contribution in [0.2, 0.25) is 0 Å². The van der Waals surface area contributed by atoms with Gasteiger partial charge in [0, 0.05) is 0 Å².